The van der Waals surface area contributed by atoms with E-state index in [2.05, 4.69) is 5.32 Å². The molecule has 1 aromatic carbocycles. The molecular weight excluding hydrogens is 324 g/mol. The largest absolute Gasteiger partial charge is 0.467 e. The highest BCUT2D eigenvalue weighted by atomic mass is 35.5. The molecule has 0 radical (unpaired) electrons. The molecule has 1 aromatic heterocycles. The van der Waals surface area contributed by atoms with Crippen molar-refractivity contribution in [1.82, 2.24) is 5.32 Å². The van der Waals surface area contributed by atoms with Gasteiger partial charge in [0.25, 0.3) is 5.91 Å². The second-order valence-electron chi connectivity index (χ2n) is 4.68. The van der Waals surface area contributed by atoms with E-state index in [-0.39, 0.29) is 30.9 Å². The molecule has 0 aliphatic rings. The minimum absolute atomic E-state index is 0. The molecular formula is C15H19ClN2O3S. The van der Waals surface area contributed by atoms with Crippen molar-refractivity contribution >= 4 is 29.1 Å². The Kier molecular flexibility index (Phi) is 7.31. The molecule has 2 aromatic rings. The molecule has 1 amide bonds. The van der Waals surface area contributed by atoms with Gasteiger partial charge in [0.1, 0.15) is 12.0 Å². The van der Waals surface area contributed by atoms with E-state index >= 15 is 0 Å². The normalized spacial score (nSPS) is 13.0. The lowest BCUT2D eigenvalue weighted by Gasteiger charge is -2.17. The average Bonchev–Trinajstić information content (AvgIpc) is 2.96. The molecule has 2 atom stereocenters. The Labute approximate surface area is 138 Å². The SMILES string of the molecule is CS(=O)CC(NC(=O)c1coc(CN)c1)c1ccccc1.Cl. The Hall–Kier alpha value is -1.63. The van der Waals surface area contributed by atoms with Gasteiger partial charge in [-0.1, -0.05) is 30.3 Å². The summed E-state index contributed by atoms with van der Waals surface area (Å²) in [5.41, 5.74) is 6.79. The van der Waals surface area contributed by atoms with Crippen molar-refractivity contribution in [2.45, 2.75) is 12.6 Å². The Morgan fingerprint density at radius 3 is 2.59 bits per heavy atom. The van der Waals surface area contributed by atoms with Gasteiger partial charge in [0, 0.05) is 22.8 Å². The van der Waals surface area contributed by atoms with Crippen molar-refractivity contribution in [1.29, 1.82) is 0 Å². The molecule has 7 heteroatoms. The molecule has 2 unspecified atom stereocenters. The van der Waals surface area contributed by atoms with Crippen molar-refractivity contribution < 1.29 is 13.4 Å². The van der Waals surface area contributed by atoms with Crippen LogP contribution in [0.3, 0.4) is 0 Å². The van der Waals surface area contributed by atoms with Crippen LogP contribution >= 0.6 is 12.4 Å². The first-order chi connectivity index (χ1) is 10.1. The van der Waals surface area contributed by atoms with Gasteiger partial charge in [-0.05, 0) is 11.6 Å². The van der Waals surface area contributed by atoms with Crippen LogP contribution in [0.25, 0.3) is 0 Å². The van der Waals surface area contributed by atoms with Crippen LogP contribution in [0.2, 0.25) is 0 Å². The van der Waals surface area contributed by atoms with Crippen LogP contribution in [0.4, 0.5) is 0 Å². The van der Waals surface area contributed by atoms with E-state index in [0.717, 1.165) is 5.56 Å². The van der Waals surface area contributed by atoms with Gasteiger partial charge in [0.05, 0.1) is 18.2 Å². The number of furan rings is 1. The van der Waals surface area contributed by atoms with Gasteiger partial charge < -0.3 is 15.5 Å². The number of rotatable bonds is 6. The van der Waals surface area contributed by atoms with Crippen LogP contribution < -0.4 is 11.1 Å². The molecule has 2 rings (SSSR count). The maximum atomic E-state index is 12.2. The molecule has 0 fully saturated rings. The van der Waals surface area contributed by atoms with Gasteiger partial charge in [-0.15, -0.1) is 12.4 Å². The van der Waals surface area contributed by atoms with Crippen LogP contribution in [-0.4, -0.2) is 22.1 Å². The molecule has 3 N–H and O–H groups in total. The Morgan fingerprint density at radius 1 is 1.36 bits per heavy atom. The Bertz CT molecular complexity index is 631. The molecule has 0 aliphatic carbocycles. The molecule has 0 saturated heterocycles. The lowest BCUT2D eigenvalue weighted by Crippen LogP contribution is -2.31. The number of carbonyl (C=O) groups excluding carboxylic acids is 1. The monoisotopic (exact) mass is 342 g/mol. The number of nitrogens with two attached hydrogens (primary N) is 1. The molecule has 22 heavy (non-hydrogen) atoms. The summed E-state index contributed by atoms with van der Waals surface area (Å²) in [4.78, 5) is 12.2. The third kappa shape index (κ3) is 4.98. The number of hydrogen-bond donors (Lipinski definition) is 2. The quantitative estimate of drug-likeness (QED) is 0.841. The zero-order valence-corrected chi connectivity index (χ0v) is 13.8. The van der Waals surface area contributed by atoms with E-state index in [0.29, 0.717) is 17.1 Å². The Morgan fingerprint density at radius 2 is 2.05 bits per heavy atom. The standard InChI is InChI=1S/C15H18N2O3S.ClH/c1-21(19)10-14(11-5-3-2-4-6-11)17-15(18)12-7-13(8-16)20-9-12;/h2-7,9,14H,8,10,16H2,1H3,(H,17,18);1H. The van der Waals surface area contributed by atoms with Gasteiger partial charge in [-0.25, -0.2) is 0 Å². The van der Waals surface area contributed by atoms with E-state index in [1.807, 2.05) is 30.3 Å². The number of halogens is 1. The Balaban J connectivity index is 0.00000242. The van der Waals surface area contributed by atoms with Gasteiger partial charge in [-0.2, -0.15) is 0 Å². The summed E-state index contributed by atoms with van der Waals surface area (Å²) >= 11 is 0. The molecule has 5 nitrogen and oxygen atoms in total. The van der Waals surface area contributed by atoms with Crippen LogP contribution in [-0.2, 0) is 17.3 Å². The second-order valence-corrected chi connectivity index (χ2v) is 6.16. The van der Waals surface area contributed by atoms with Crippen LogP contribution in [0, 0.1) is 0 Å². The van der Waals surface area contributed by atoms with E-state index < -0.39 is 10.8 Å². The highest BCUT2D eigenvalue weighted by Crippen LogP contribution is 2.15. The summed E-state index contributed by atoms with van der Waals surface area (Å²) in [6.07, 6.45) is 3.00. The van der Waals surface area contributed by atoms with Crippen molar-refractivity contribution in [2.75, 3.05) is 12.0 Å². The zero-order chi connectivity index (χ0) is 15.2. The van der Waals surface area contributed by atoms with Crippen molar-refractivity contribution in [3.63, 3.8) is 0 Å². The number of amides is 1. The molecule has 0 aliphatic heterocycles. The van der Waals surface area contributed by atoms with Gasteiger partial charge in [-0.3, -0.25) is 9.00 Å². The van der Waals surface area contributed by atoms with E-state index in [1.165, 1.54) is 6.26 Å². The minimum atomic E-state index is -1.02. The van der Waals surface area contributed by atoms with Gasteiger partial charge >= 0.3 is 0 Å². The van der Waals surface area contributed by atoms with Gasteiger partial charge in [0.2, 0.25) is 0 Å². The molecule has 1 heterocycles. The van der Waals surface area contributed by atoms with Gasteiger partial charge in [0.15, 0.2) is 0 Å². The fourth-order valence-electron chi connectivity index (χ4n) is 1.99. The first-order valence-electron chi connectivity index (χ1n) is 6.53. The summed E-state index contributed by atoms with van der Waals surface area (Å²) in [6.45, 7) is 0.244. The van der Waals surface area contributed by atoms with E-state index in [9.17, 15) is 9.00 Å². The summed E-state index contributed by atoms with van der Waals surface area (Å²) in [5, 5.41) is 2.89. The lowest BCUT2D eigenvalue weighted by atomic mass is 10.1. The third-order valence-electron chi connectivity index (χ3n) is 3.03. The van der Waals surface area contributed by atoms with Crippen LogP contribution in [0.5, 0.6) is 0 Å². The molecule has 0 bridgehead atoms. The zero-order valence-electron chi connectivity index (χ0n) is 12.2. The van der Waals surface area contributed by atoms with E-state index in [1.54, 1.807) is 12.3 Å². The van der Waals surface area contributed by atoms with Crippen LogP contribution in [0.1, 0.15) is 27.7 Å². The lowest BCUT2D eigenvalue weighted by molar-refractivity contribution is 0.0940. The average molecular weight is 343 g/mol. The summed E-state index contributed by atoms with van der Waals surface area (Å²) in [6, 6.07) is 10.8. The highest BCUT2D eigenvalue weighted by Gasteiger charge is 2.18. The summed E-state index contributed by atoms with van der Waals surface area (Å²) in [5.74, 6) is 0.644. The maximum absolute atomic E-state index is 12.2. The first-order valence-corrected chi connectivity index (χ1v) is 8.26. The molecule has 120 valence electrons. The fourth-order valence-corrected chi connectivity index (χ4v) is 2.73. The predicted octanol–water partition coefficient (Wildman–Crippen LogP) is 2.01. The third-order valence-corrected chi connectivity index (χ3v) is 3.83. The summed E-state index contributed by atoms with van der Waals surface area (Å²) in [7, 11) is -1.02. The topological polar surface area (TPSA) is 85.3 Å². The van der Waals surface area contributed by atoms with Crippen molar-refractivity contribution in [2.24, 2.45) is 5.73 Å². The number of nitrogens with one attached hydrogen (secondary N) is 1. The molecule has 0 saturated carbocycles. The minimum Gasteiger partial charge on any atom is -0.467 e. The second kappa shape index (κ2) is 8.73. The number of benzene rings is 1. The molecule has 0 spiro atoms. The van der Waals surface area contributed by atoms with Crippen LogP contribution in [0.15, 0.2) is 47.1 Å². The number of carbonyl (C=O) groups is 1. The maximum Gasteiger partial charge on any atom is 0.255 e. The predicted molar refractivity (Wildman–Crippen MR) is 89.4 cm³/mol. The van der Waals surface area contributed by atoms with Crippen molar-refractivity contribution in [3.8, 4) is 0 Å². The van der Waals surface area contributed by atoms with E-state index in [4.69, 9.17) is 10.2 Å². The first kappa shape index (κ1) is 18.4. The fraction of sp³-hybridized carbons (Fsp3) is 0.267. The number of hydrogen-bond acceptors (Lipinski definition) is 4. The smallest absolute Gasteiger partial charge is 0.255 e. The summed E-state index contributed by atoms with van der Waals surface area (Å²) < 4.78 is 16.7. The van der Waals surface area contributed by atoms with Crippen molar-refractivity contribution in [3.05, 3.63) is 59.5 Å². The highest BCUT2D eigenvalue weighted by molar-refractivity contribution is 7.84.